The Kier molecular flexibility index (Phi) is 4.45. The van der Waals surface area contributed by atoms with Crippen LogP contribution in [0.2, 0.25) is 0 Å². The molecule has 0 aromatic heterocycles. The first-order chi connectivity index (χ1) is 8.18. The number of hydrogen-bond acceptors (Lipinski definition) is 3. The lowest BCUT2D eigenvalue weighted by atomic mass is 9.84. The van der Waals surface area contributed by atoms with E-state index < -0.39 is 0 Å². The molecule has 0 aromatic carbocycles. The molecule has 3 nitrogen and oxygen atoms in total. The fourth-order valence-corrected chi connectivity index (χ4v) is 3.57. The van der Waals surface area contributed by atoms with Crippen LogP contribution in [0.4, 0.5) is 0 Å². The molecule has 0 amide bonds. The summed E-state index contributed by atoms with van der Waals surface area (Å²) in [5, 5.41) is 0. The molecule has 2 aliphatic heterocycles. The Morgan fingerprint density at radius 3 is 2.41 bits per heavy atom. The molecule has 1 spiro atoms. The lowest BCUT2D eigenvalue weighted by molar-refractivity contribution is 0.0268. The van der Waals surface area contributed by atoms with Crippen molar-refractivity contribution in [2.45, 2.75) is 51.1 Å². The second kappa shape index (κ2) is 5.68. The molecule has 17 heavy (non-hydrogen) atoms. The minimum absolute atomic E-state index is 0.518. The number of ether oxygens (including phenoxy) is 1. The van der Waals surface area contributed by atoms with Gasteiger partial charge in [-0.25, -0.2) is 0 Å². The number of rotatable bonds is 4. The fourth-order valence-electron chi connectivity index (χ4n) is 3.57. The first kappa shape index (κ1) is 13.3. The summed E-state index contributed by atoms with van der Waals surface area (Å²) in [5.41, 5.74) is 0.518. The molecular weight excluding hydrogens is 212 g/mol. The van der Waals surface area contributed by atoms with Gasteiger partial charge in [0, 0.05) is 38.3 Å². The van der Waals surface area contributed by atoms with Gasteiger partial charge in [0.05, 0.1) is 6.61 Å². The summed E-state index contributed by atoms with van der Waals surface area (Å²) in [4.78, 5) is 5.33. The molecule has 2 aliphatic rings. The highest BCUT2D eigenvalue weighted by Gasteiger charge is 2.42. The molecule has 0 unspecified atom stereocenters. The van der Waals surface area contributed by atoms with Gasteiger partial charge in [0.25, 0.3) is 0 Å². The van der Waals surface area contributed by atoms with Crippen molar-refractivity contribution in [1.82, 2.24) is 9.80 Å². The summed E-state index contributed by atoms with van der Waals surface area (Å²) in [7, 11) is 1.81. The largest absolute Gasteiger partial charge is 0.383 e. The van der Waals surface area contributed by atoms with Gasteiger partial charge in [-0.1, -0.05) is 0 Å². The van der Waals surface area contributed by atoms with Crippen molar-refractivity contribution in [3.63, 3.8) is 0 Å². The highest BCUT2D eigenvalue weighted by molar-refractivity contribution is 4.99. The summed E-state index contributed by atoms with van der Waals surface area (Å²) < 4.78 is 5.25. The Bertz CT molecular complexity index is 234. The maximum absolute atomic E-state index is 5.25. The van der Waals surface area contributed by atoms with E-state index in [1.165, 1.54) is 45.3 Å². The van der Waals surface area contributed by atoms with Crippen LogP contribution in [0.3, 0.4) is 0 Å². The molecule has 0 radical (unpaired) electrons. The minimum Gasteiger partial charge on any atom is -0.383 e. The Morgan fingerprint density at radius 2 is 1.82 bits per heavy atom. The van der Waals surface area contributed by atoms with Crippen LogP contribution in [-0.4, -0.2) is 61.3 Å². The van der Waals surface area contributed by atoms with Crippen LogP contribution in [-0.2, 0) is 4.74 Å². The summed E-state index contributed by atoms with van der Waals surface area (Å²) >= 11 is 0. The van der Waals surface area contributed by atoms with Crippen LogP contribution < -0.4 is 0 Å². The third-order valence-corrected chi connectivity index (χ3v) is 4.77. The van der Waals surface area contributed by atoms with Crippen LogP contribution in [0, 0.1) is 0 Å². The van der Waals surface area contributed by atoms with E-state index in [1.54, 1.807) is 0 Å². The van der Waals surface area contributed by atoms with E-state index >= 15 is 0 Å². The van der Waals surface area contributed by atoms with Crippen LogP contribution in [0.25, 0.3) is 0 Å². The molecule has 0 aliphatic carbocycles. The average Bonchev–Trinajstić information content (AvgIpc) is 2.70. The molecule has 3 heteroatoms. The van der Waals surface area contributed by atoms with Crippen LogP contribution in [0.5, 0.6) is 0 Å². The average molecular weight is 240 g/mol. The van der Waals surface area contributed by atoms with Crippen molar-refractivity contribution < 1.29 is 4.74 Å². The van der Waals surface area contributed by atoms with Crippen LogP contribution in [0.15, 0.2) is 0 Å². The molecule has 0 bridgehead atoms. The lowest BCUT2D eigenvalue weighted by Gasteiger charge is -2.46. The Hall–Kier alpha value is -0.120. The predicted molar refractivity (Wildman–Crippen MR) is 71.4 cm³/mol. The van der Waals surface area contributed by atoms with E-state index in [9.17, 15) is 0 Å². The van der Waals surface area contributed by atoms with E-state index in [2.05, 4.69) is 23.6 Å². The highest BCUT2D eigenvalue weighted by atomic mass is 16.5. The first-order valence-corrected chi connectivity index (χ1v) is 7.16. The standard InChI is InChI=1S/C14H28N2O/c1-13(2)15-9-6-14(7-10-15)5-4-8-16(14)11-12-17-3/h13H,4-12H2,1-3H3. The summed E-state index contributed by atoms with van der Waals surface area (Å²) in [6, 6.07) is 0.709. The third-order valence-electron chi connectivity index (χ3n) is 4.77. The van der Waals surface area contributed by atoms with Crippen molar-refractivity contribution in [1.29, 1.82) is 0 Å². The van der Waals surface area contributed by atoms with E-state index in [-0.39, 0.29) is 0 Å². The normalized spacial score (nSPS) is 26.1. The van der Waals surface area contributed by atoms with Crippen LogP contribution >= 0.6 is 0 Å². The second-order valence-corrected chi connectivity index (χ2v) is 5.94. The van der Waals surface area contributed by atoms with E-state index in [0.717, 1.165) is 13.2 Å². The Morgan fingerprint density at radius 1 is 1.12 bits per heavy atom. The Balaban J connectivity index is 1.91. The van der Waals surface area contributed by atoms with Gasteiger partial charge in [0.15, 0.2) is 0 Å². The maximum atomic E-state index is 5.25. The molecule has 0 saturated carbocycles. The molecule has 2 rings (SSSR count). The number of methoxy groups -OCH3 is 1. The topological polar surface area (TPSA) is 15.7 Å². The first-order valence-electron chi connectivity index (χ1n) is 7.16. The quantitative estimate of drug-likeness (QED) is 0.747. The monoisotopic (exact) mass is 240 g/mol. The summed E-state index contributed by atoms with van der Waals surface area (Å²) in [6.45, 7) is 10.5. The van der Waals surface area contributed by atoms with Crippen LogP contribution in [0.1, 0.15) is 39.5 Å². The SMILES string of the molecule is COCCN1CCCC12CCN(C(C)C)CC2. The summed E-state index contributed by atoms with van der Waals surface area (Å²) in [5.74, 6) is 0. The fraction of sp³-hybridized carbons (Fsp3) is 1.00. The second-order valence-electron chi connectivity index (χ2n) is 5.94. The van der Waals surface area contributed by atoms with Crippen molar-refractivity contribution in [2.24, 2.45) is 0 Å². The van der Waals surface area contributed by atoms with E-state index in [0.29, 0.717) is 11.6 Å². The Labute approximate surface area is 106 Å². The van der Waals surface area contributed by atoms with Gasteiger partial charge >= 0.3 is 0 Å². The zero-order valence-electron chi connectivity index (χ0n) is 11.7. The van der Waals surface area contributed by atoms with Crippen molar-refractivity contribution >= 4 is 0 Å². The molecule has 0 atom stereocenters. The predicted octanol–water partition coefficient (Wildman–Crippen LogP) is 1.97. The third kappa shape index (κ3) is 2.83. The number of likely N-dealkylation sites (tertiary alicyclic amines) is 2. The molecule has 0 aromatic rings. The van der Waals surface area contributed by atoms with E-state index in [1.807, 2.05) is 7.11 Å². The number of piperidine rings is 1. The van der Waals surface area contributed by atoms with Gasteiger partial charge < -0.3 is 9.64 Å². The number of hydrogen-bond donors (Lipinski definition) is 0. The lowest BCUT2D eigenvalue weighted by Crippen LogP contribution is -2.53. The zero-order chi connectivity index (χ0) is 12.3. The van der Waals surface area contributed by atoms with Gasteiger partial charge in [-0.15, -0.1) is 0 Å². The maximum Gasteiger partial charge on any atom is 0.0589 e. The van der Waals surface area contributed by atoms with E-state index in [4.69, 9.17) is 4.74 Å². The zero-order valence-corrected chi connectivity index (χ0v) is 11.7. The molecule has 0 N–H and O–H groups in total. The number of nitrogens with zero attached hydrogens (tertiary/aromatic N) is 2. The van der Waals surface area contributed by atoms with Crippen molar-refractivity contribution in [2.75, 3.05) is 39.9 Å². The molecular formula is C14H28N2O. The highest BCUT2D eigenvalue weighted by Crippen LogP contribution is 2.38. The van der Waals surface area contributed by atoms with Crippen molar-refractivity contribution in [3.8, 4) is 0 Å². The molecule has 100 valence electrons. The molecule has 2 heterocycles. The minimum atomic E-state index is 0.518. The summed E-state index contributed by atoms with van der Waals surface area (Å²) in [6.07, 6.45) is 5.50. The van der Waals surface area contributed by atoms with Gasteiger partial charge in [-0.3, -0.25) is 4.90 Å². The van der Waals surface area contributed by atoms with Gasteiger partial charge in [-0.05, 0) is 46.1 Å². The van der Waals surface area contributed by atoms with Crippen molar-refractivity contribution in [3.05, 3.63) is 0 Å². The molecule has 2 saturated heterocycles. The smallest absolute Gasteiger partial charge is 0.0589 e. The van der Waals surface area contributed by atoms with Gasteiger partial charge in [0.2, 0.25) is 0 Å². The van der Waals surface area contributed by atoms with Gasteiger partial charge in [0.1, 0.15) is 0 Å². The molecule has 2 fully saturated rings. The van der Waals surface area contributed by atoms with Gasteiger partial charge in [-0.2, -0.15) is 0 Å².